The van der Waals surface area contributed by atoms with Crippen LogP contribution in [0.3, 0.4) is 0 Å². The summed E-state index contributed by atoms with van der Waals surface area (Å²) in [5.41, 5.74) is -1.76. The Hall–Kier alpha value is -4.09. The molecule has 0 radical (unpaired) electrons. The van der Waals surface area contributed by atoms with E-state index in [1.54, 1.807) is 6.92 Å². The molecule has 1 atom stereocenters. The molecule has 2 heterocycles. The molecule has 0 saturated carbocycles. The lowest BCUT2D eigenvalue weighted by atomic mass is 9.92. The van der Waals surface area contributed by atoms with Gasteiger partial charge in [0.05, 0.1) is 12.2 Å². The van der Waals surface area contributed by atoms with E-state index in [-0.39, 0.29) is 33.7 Å². The molecule has 0 aliphatic heterocycles. The highest BCUT2D eigenvalue weighted by Gasteiger charge is 2.35. The van der Waals surface area contributed by atoms with Gasteiger partial charge in [-0.3, -0.25) is 9.59 Å². The van der Waals surface area contributed by atoms with Gasteiger partial charge < -0.3 is 29.8 Å². The molecule has 2 aromatic carbocycles. The van der Waals surface area contributed by atoms with Gasteiger partial charge in [-0.2, -0.15) is 13.2 Å². The van der Waals surface area contributed by atoms with Crippen molar-refractivity contribution in [2.24, 2.45) is 7.05 Å². The first kappa shape index (κ1) is 27.9. The molecule has 4 aromatic rings. The van der Waals surface area contributed by atoms with Crippen LogP contribution in [0, 0.1) is 6.92 Å². The van der Waals surface area contributed by atoms with E-state index in [1.165, 1.54) is 68.1 Å². The van der Waals surface area contributed by atoms with Gasteiger partial charge in [-0.1, -0.05) is 18.2 Å². The van der Waals surface area contributed by atoms with Gasteiger partial charge in [-0.15, -0.1) is 0 Å². The fourth-order valence-corrected chi connectivity index (χ4v) is 4.30. The lowest BCUT2D eigenvalue weighted by molar-refractivity contribution is -0.138. The maximum Gasteiger partial charge on any atom is 0.419 e. The monoisotopic (exact) mass is 543 g/mol. The van der Waals surface area contributed by atoms with Gasteiger partial charge in [0.1, 0.15) is 28.3 Å². The summed E-state index contributed by atoms with van der Waals surface area (Å²) in [5, 5.41) is 23.5. The topological polar surface area (TPSA) is 117 Å². The number of H-pyrrole nitrogens is 1. The first-order chi connectivity index (χ1) is 18.3. The average Bonchev–Trinajstić information content (AvgIpc) is 3.33. The number of aliphatic hydroxyl groups is 2. The molecule has 0 aliphatic carbocycles. The summed E-state index contributed by atoms with van der Waals surface area (Å²) in [6.45, 7) is 4.35. The van der Waals surface area contributed by atoms with Crippen LogP contribution in [0.2, 0.25) is 0 Å². The highest BCUT2D eigenvalue weighted by atomic mass is 19.4. The zero-order valence-electron chi connectivity index (χ0n) is 21.7. The van der Waals surface area contributed by atoms with Crippen molar-refractivity contribution in [3.05, 3.63) is 81.4 Å². The fourth-order valence-electron chi connectivity index (χ4n) is 4.30. The van der Waals surface area contributed by atoms with E-state index in [2.05, 4.69) is 10.3 Å². The number of fused-ring (bicyclic) bond motifs is 1. The summed E-state index contributed by atoms with van der Waals surface area (Å²) >= 11 is 0. The average molecular weight is 544 g/mol. The molecule has 39 heavy (non-hydrogen) atoms. The third kappa shape index (κ3) is 5.27. The van der Waals surface area contributed by atoms with E-state index in [0.29, 0.717) is 17.5 Å². The molecule has 2 aromatic heterocycles. The molecule has 0 saturated heterocycles. The Kier molecular flexibility index (Phi) is 7.33. The van der Waals surface area contributed by atoms with E-state index in [1.807, 2.05) is 0 Å². The Labute approximate surface area is 221 Å². The number of para-hydroxylation sites is 1. The van der Waals surface area contributed by atoms with Gasteiger partial charge in [0.2, 0.25) is 0 Å². The highest BCUT2D eigenvalue weighted by Crippen LogP contribution is 2.44. The number of hydrogen-bond acceptors (Lipinski definition) is 5. The number of halogens is 3. The number of aromatic amines is 1. The van der Waals surface area contributed by atoms with Crippen molar-refractivity contribution in [2.45, 2.75) is 32.5 Å². The summed E-state index contributed by atoms with van der Waals surface area (Å²) in [5.74, 6) is -0.830. The van der Waals surface area contributed by atoms with Crippen LogP contribution in [0.1, 0.15) is 41.0 Å². The van der Waals surface area contributed by atoms with Crippen LogP contribution in [0.4, 0.5) is 13.2 Å². The zero-order valence-corrected chi connectivity index (χ0v) is 21.7. The summed E-state index contributed by atoms with van der Waals surface area (Å²) in [6, 6.07) is 9.49. The summed E-state index contributed by atoms with van der Waals surface area (Å²) in [4.78, 5) is 28.3. The van der Waals surface area contributed by atoms with Crippen LogP contribution in [0.5, 0.6) is 11.5 Å². The molecule has 11 heteroatoms. The smallest absolute Gasteiger partial charge is 0.419 e. The molecule has 1 amide bonds. The normalized spacial score (nSPS) is 13.4. The van der Waals surface area contributed by atoms with Crippen molar-refractivity contribution < 1.29 is 32.9 Å². The first-order valence-electron chi connectivity index (χ1n) is 12.1. The van der Waals surface area contributed by atoms with Gasteiger partial charge in [-0.25, -0.2) is 0 Å². The number of nitrogens with one attached hydrogen (secondary N) is 2. The second-order valence-electron chi connectivity index (χ2n) is 9.48. The van der Waals surface area contributed by atoms with Crippen molar-refractivity contribution in [3.63, 3.8) is 0 Å². The Balaban J connectivity index is 2.02. The number of ether oxygens (including phenoxy) is 1. The number of aryl methyl sites for hydroxylation is 2. The number of alkyl halides is 3. The maximum atomic E-state index is 13.8. The third-order valence-electron chi connectivity index (χ3n) is 6.48. The molecule has 1 unspecified atom stereocenters. The number of pyridine rings is 1. The number of aliphatic hydroxyl groups excluding tert-OH is 1. The van der Waals surface area contributed by atoms with E-state index in [4.69, 9.17) is 4.74 Å². The van der Waals surface area contributed by atoms with Crippen molar-refractivity contribution in [3.8, 4) is 22.6 Å². The number of nitrogens with zero attached hydrogens (tertiary/aromatic N) is 1. The Morgan fingerprint density at radius 2 is 1.87 bits per heavy atom. The third-order valence-corrected chi connectivity index (χ3v) is 6.48. The van der Waals surface area contributed by atoms with Gasteiger partial charge >= 0.3 is 6.18 Å². The molecule has 0 spiro atoms. The van der Waals surface area contributed by atoms with Crippen LogP contribution >= 0.6 is 0 Å². The van der Waals surface area contributed by atoms with E-state index >= 15 is 0 Å². The van der Waals surface area contributed by atoms with Crippen molar-refractivity contribution in [2.75, 3.05) is 13.2 Å². The van der Waals surface area contributed by atoms with Gasteiger partial charge in [0.15, 0.2) is 0 Å². The number of hydrogen-bond donors (Lipinski definition) is 4. The molecule has 4 rings (SSSR count). The minimum atomic E-state index is -4.69. The SMILES string of the molecule is CCNC(=O)c1cc2c(-c3cc(C(C)(O)CO)ccc3Oc3c(C)cccc3C(F)(F)F)cn(C)c(=O)c2[nH]1. The Morgan fingerprint density at radius 3 is 2.51 bits per heavy atom. The van der Waals surface area contributed by atoms with Crippen LogP contribution in [0.15, 0.2) is 53.5 Å². The summed E-state index contributed by atoms with van der Waals surface area (Å²) in [6.07, 6.45) is -3.21. The number of amides is 1. The van der Waals surface area contributed by atoms with E-state index in [9.17, 15) is 33.0 Å². The quantitative estimate of drug-likeness (QED) is 0.272. The molecular weight excluding hydrogens is 515 g/mol. The minimum Gasteiger partial charge on any atom is -0.456 e. The standard InChI is InChI=1S/C28H28F3N3O5/c1-5-32-25(36)21-12-18-19(13-34(4)26(37)23(18)33-21)17-11-16(27(3,38)14-35)9-10-22(17)39-24-15(2)7-6-8-20(24)28(29,30)31/h6-13,33,35,38H,5,14H2,1-4H3,(H,32,36). The predicted molar refractivity (Wildman–Crippen MR) is 140 cm³/mol. The van der Waals surface area contributed by atoms with Crippen LogP contribution < -0.4 is 15.6 Å². The predicted octanol–water partition coefficient (Wildman–Crippen LogP) is 4.60. The summed E-state index contributed by atoms with van der Waals surface area (Å²) < 4.78 is 48.7. The second-order valence-corrected chi connectivity index (χ2v) is 9.48. The van der Waals surface area contributed by atoms with E-state index in [0.717, 1.165) is 6.07 Å². The molecule has 4 N–H and O–H groups in total. The van der Waals surface area contributed by atoms with Gasteiger partial charge in [0.25, 0.3) is 11.5 Å². The molecule has 0 aliphatic rings. The molecule has 0 bridgehead atoms. The molecule has 8 nitrogen and oxygen atoms in total. The van der Waals surface area contributed by atoms with Crippen molar-refractivity contribution in [1.29, 1.82) is 0 Å². The molecule has 206 valence electrons. The van der Waals surface area contributed by atoms with Crippen LogP contribution in [0.25, 0.3) is 22.0 Å². The maximum absolute atomic E-state index is 13.8. The lowest BCUT2D eigenvalue weighted by Gasteiger charge is -2.24. The Morgan fingerprint density at radius 1 is 1.15 bits per heavy atom. The number of carbonyl (C=O) groups is 1. The fraction of sp³-hybridized carbons (Fsp3) is 0.286. The molecule has 0 fully saturated rings. The lowest BCUT2D eigenvalue weighted by Crippen LogP contribution is -2.25. The van der Waals surface area contributed by atoms with Crippen LogP contribution in [-0.2, 0) is 18.8 Å². The minimum absolute atomic E-state index is 0.00741. The number of carbonyl (C=O) groups excluding carboxylic acids is 1. The second kappa shape index (κ2) is 10.2. The number of benzene rings is 2. The number of aromatic nitrogens is 2. The van der Waals surface area contributed by atoms with E-state index < -0.39 is 41.2 Å². The largest absolute Gasteiger partial charge is 0.456 e. The van der Waals surface area contributed by atoms with Crippen LogP contribution in [-0.4, -0.2) is 38.8 Å². The summed E-state index contributed by atoms with van der Waals surface area (Å²) in [7, 11) is 1.50. The number of rotatable bonds is 7. The zero-order chi connectivity index (χ0) is 28.7. The Bertz CT molecular complexity index is 1620. The van der Waals surface area contributed by atoms with Gasteiger partial charge in [-0.05, 0) is 56.2 Å². The highest BCUT2D eigenvalue weighted by molar-refractivity contribution is 6.03. The first-order valence-corrected chi connectivity index (χ1v) is 12.1. The molecular formula is C28H28F3N3O5. The van der Waals surface area contributed by atoms with Gasteiger partial charge in [0, 0.05) is 36.3 Å². The van der Waals surface area contributed by atoms with Crippen molar-refractivity contribution >= 4 is 16.8 Å². The van der Waals surface area contributed by atoms with Crippen molar-refractivity contribution in [1.82, 2.24) is 14.9 Å².